The molecule has 0 saturated heterocycles. The van der Waals surface area contributed by atoms with Crippen LogP contribution in [0, 0.1) is 0 Å². The lowest BCUT2D eigenvalue weighted by atomic mass is 10.2. The lowest BCUT2D eigenvalue weighted by Crippen LogP contribution is -2.39. The van der Waals surface area contributed by atoms with Crippen LogP contribution in [0.2, 0.25) is 0 Å². The van der Waals surface area contributed by atoms with E-state index in [0.29, 0.717) is 0 Å². The van der Waals surface area contributed by atoms with Crippen LogP contribution >= 0.6 is 0 Å². The van der Waals surface area contributed by atoms with Gasteiger partial charge in [-0.25, -0.2) is 0 Å². The van der Waals surface area contributed by atoms with Crippen LogP contribution in [0.5, 0.6) is 0 Å². The van der Waals surface area contributed by atoms with Crippen molar-refractivity contribution in [1.29, 1.82) is 0 Å². The lowest BCUT2D eigenvalue weighted by Gasteiger charge is -2.11. The van der Waals surface area contributed by atoms with Crippen molar-refractivity contribution >= 4 is 5.96 Å². The van der Waals surface area contributed by atoms with Gasteiger partial charge in [0.2, 0.25) is 0 Å². The van der Waals surface area contributed by atoms with Gasteiger partial charge in [-0.2, -0.15) is 5.10 Å². The molecule has 0 spiro atoms. The van der Waals surface area contributed by atoms with Gasteiger partial charge in [0, 0.05) is 51.7 Å². The first kappa shape index (κ1) is 15.0. The number of aliphatic imine (C=N–C) groups is 1. The number of aromatic nitrogens is 3. The molecule has 0 bridgehead atoms. The third-order valence-electron chi connectivity index (χ3n) is 3.09. The number of pyridine rings is 1. The van der Waals surface area contributed by atoms with Crippen molar-refractivity contribution in [3.63, 3.8) is 0 Å². The Morgan fingerprint density at radius 3 is 2.67 bits per heavy atom. The van der Waals surface area contributed by atoms with Gasteiger partial charge in [-0.3, -0.25) is 14.7 Å². The number of hydrogen-bond acceptors (Lipinski definition) is 3. The zero-order valence-corrected chi connectivity index (χ0v) is 12.6. The van der Waals surface area contributed by atoms with E-state index in [-0.39, 0.29) is 0 Å². The minimum Gasteiger partial charge on any atom is -0.356 e. The molecule has 2 N–H and O–H groups in total. The smallest absolute Gasteiger partial charge is 0.190 e. The predicted octanol–water partition coefficient (Wildman–Crippen LogP) is 0.765. The summed E-state index contributed by atoms with van der Waals surface area (Å²) < 4.78 is 1.81. The molecule has 21 heavy (non-hydrogen) atoms. The molecule has 6 nitrogen and oxygen atoms in total. The molecule has 0 aliphatic carbocycles. The van der Waals surface area contributed by atoms with Crippen LogP contribution in [0.4, 0.5) is 0 Å². The molecule has 112 valence electrons. The van der Waals surface area contributed by atoms with Gasteiger partial charge in [0.05, 0.1) is 6.20 Å². The van der Waals surface area contributed by atoms with Crippen LogP contribution in [-0.2, 0) is 19.9 Å². The molecule has 6 heteroatoms. The van der Waals surface area contributed by atoms with Crippen molar-refractivity contribution in [1.82, 2.24) is 25.4 Å². The average Bonchev–Trinajstić information content (AvgIpc) is 2.92. The normalized spacial score (nSPS) is 11.4. The molecule has 0 aliphatic heterocycles. The van der Waals surface area contributed by atoms with Crippen molar-refractivity contribution in [3.05, 3.63) is 48.0 Å². The van der Waals surface area contributed by atoms with Crippen molar-refractivity contribution in [2.75, 3.05) is 20.1 Å². The van der Waals surface area contributed by atoms with Gasteiger partial charge in [0.25, 0.3) is 0 Å². The van der Waals surface area contributed by atoms with E-state index >= 15 is 0 Å². The van der Waals surface area contributed by atoms with Crippen LogP contribution in [0.15, 0.2) is 41.8 Å². The van der Waals surface area contributed by atoms with E-state index in [1.165, 1.54) is 5.56 Å². The van der Waals surface area contributed by atoms with Gasteiger partial charge in [0.1, 0.15) is 0 Å². The van der Waals surface area contributed by atoms with Crippen LogP contribution < -0.4 is 10.6 Å². The minimum absolute atomic E-state index is 0.809. The Hall–Kier alpha value is -2.37. The summed E-state index contributed by atoms with van der Waals surface area (Å²) >= 11 is 0. The fourth-order valence-corrected chi connectivity index (χ4v) is 2.00. The Labute approximate surface area is 125 Å². The minimum atomic E-state index is 0.809. The first-order chi connectivity index (χ1) is 10.3. The second-order valence-corrected chi connectivity index (χ2v) is 4.77. The first-order valence-electron chi connectivity index (χ1n) is 7.10. The Balaban J connectivity index is 1.66. The molecule has 2 rings (SSSR count). The largest absolute Gasteiger partial charge is 0.356 e. The number of nitrogens with one attached hydrogen (secondary N) is 2. The standard InChI is InChI=1S/C15H22N6/c1-16-15(18-9-6-13-11-20-21(2)12-13)19-10-7-14-5-3-4-8-17-14/h3-5,8,11-12H,6-7,9-10H2,1-2H3,(H2,16,18,19). The molecular formula is C15H22N6. The second kappa shape index (κ2) is 8.04. The number of rotatable bonds is 6. The van der Waals surface area contributed by atoms with Crippen molar-refractivity contribution in [3.8, 4) is 0 Å². The van der Waals surface area contributed by atoms with E-state index in [2.05, 4.69) is 25.7 Å². The number of aryl methyl sites for hydroxylation is 1. The number of hydrogen-bond donors (Lipinski definition) is 2. The molecule has 2 aromatic rings. The Morgan fingerprint density at radius 1 is 1.24 bits per heavy atom. The van der Waals surface area contributed by atoms with Gasteiger partial charge in [-0.15, -0.1) is 0 Å². The van der Waals surface area contributed by atoms with Crippen molar-refractivity contribution in [2.45, 2.75) is 12.8 Å². The molecular weight excluding hydrogens is 264 g/mol. The van der Waals surface area contributed by atoms with E-state index in [0.717, 1.165) is 37.6 Å². The quantitative estimate of drug-likeness (QED) is 0.608. The molecule has 2 heterocycles. The molecule has 0 amide bonds. The summed E-state index contributed by atoms with van der Waals surface area (Å²) in [6.45, 7) is 1.64. The molecule has 0 radical (unpaired) electrons. The van der Waals surface area contributed by atoms with Gasteiger partial charge in [0.15, 0.2) is 5.96 Å². The highest BCUT2D eigenvalue weighted by atomic mass is 15.2. The summed E-state index contributed by atoms with van der Waals surface area (Å²) in [5.41, 5.74) is 2.30. The van der Waals surface area contributed by atoms with Crippen LogP contribution in [0.1, 0.15) is 11.3 Å². The summed E-state index contributed by atoms with van der Waals surface area (Å²) in [7, 11) is 3.70. The van der Waals surface area contributed by atoms with E-state index in [4.69, 9.17) is 0 Å². The monoisotopic (exact) mass is 286 g/mol. The fourth-order valence-electron chi connectivity index (χ4n) is 2.00. The summed E-state index contributed by atoms with van der Waals surface area (Å²) in [5.74, 6) is 0.815. The summed E-state index contributed by atoms with van der Waals surface area (Å²) in [4.78, 5) is 8.50. The third-order valence-corrected chi connectivity index (χ3v) is 3.09. The van der Waals surface area contributed by atoms with Crippen molar-refractivity contribution < 1.29 is 0 Å². The molecule has 0 fully saturated rings. The van der Waals surface area contributed by atoms with Crippen molar-refractivity contribution in [2.24, 2.45) is 12.0 Å². The second-order valence-electron chi connectivity index (χ2n) is 4.77. The van der Waals surface area contributed by atoms with Gasteiger partial charge >= 0.3 is 0 Å². The van der Waals surface area contributed by atoms with E-state index in [9.17, 15) is 0 Å². The highest BCUT2D eigenvalue weighted by Crippen LogP contribution is 1.96. The average molecular weight is 286 g/mol. The highest BCUT2D eigenvalue weighted by molar-refractivity contribution is 5.79. The van der Waals surface area contributed by atoms with Gasteiger partial charge in [-0.05, 0) is 24.1 Å². The van der Waals surface area contributed by atoms with Gasteiger partial charge < -0.3 is 10.6 Å². The van der Waals surface area contributed by atoms with Crippen LogP contribution in [-0.4, -0.2) is 40.9 Å². The first-order valence-corrected chi connectivity index (χ1v) is 7.10. The highest BCUT2D eigenvalue weighted by Gasteiger charge is 2.00. The molecule has 0 saturated carbocycles. The fraction of sp³-hybridized carbons (Fsp3) is 0.400. The predicted molar refractivity (Wildman–Crippen MR) is 84.2 cm³/mol. The molecule has 0 aliphatic rings. The Kier molecular flexibility index (Phi) is 5.75. The molecule has 0 aromatic carbocycles. The van der Waals surface area contributed by atoms with Gasteiger partial charge in [-0.1, -0.05) is 6.07 Å². The van der Waals surface area contributed by atoms with Crippen LogP contribution in [0.3, 0.4) is 0 Å². The molecule has 2 aromatic heterocycles. The summed E-state index contributed by atoms with van der Waals surface area (Å²) in [6, 6.07) is 5.96. The maximum atomic E-state index is 4.30. The number of nitrogens with zero attached hydrogens (tertiary/aromatic N) is 4. The van der Waals surface area contributed by atoms with E-state index < -0.39 is 0 Å². The summed E-state index contributed by atoms with van der Waals surface area (Å²) in [6.07, 6.45) is 7.53. The third kappa shape index (κ3) is 5.25. The lowest BCUT2D eigenvalue weighted by molar-refractivity contribution is 0.763. The topological polar surface area (TPSA) is 67.1 Å². The summed E-state index contributed by atoms with van der Waals surface area (Å²) in [5, 5.41) is 10.7. The zero-order chi connectivity index (χ0) is 14.9. The Bertz CT molecular complexity index is 561. The SMILES string of the molecule is CN=C(NCCc1cnn(C)c1)NCCc1ccccn1. The van der Waals surface area contributed by atoms with E-state index in [1.807, 2.05) is 48.5 Å². The number of guanidine groups is 1. The Morgan fingerprint density at radius 2 is 2.05 bits per heavy atom. The zero-order valence-electron chi connectivity index (χ0n) is 12.6. The molecule has 0 unspecified atom stereocenters. The van der Waals surface area contributed by atoms with Crippen LogP contribution in [0.25, 0.3) is 0 Å². The maximum Gasteiger partial charge on any atom is 0.190 e. The van der Waals surface area contributed by atoms with E-state index in [1.54, 1.807) is 7.05 Å². The maximum absolute atomic E-state index is 4.30. The molecule has 0 atom stereocenters.